The van der Waals surface area contributed by atoms with Crippen molar-refractivity contribution in [3.63, 3.8) is 0 Å². The molecule has 1 aromatic heterocycles. The number of hydrogen-bond donors (Lipinski definition) is 1. The topological polar surface area (TPSA) is 83.1 Å². The van der Waals surface area contributed by atoms with Crippen molar-refractivity contribution in [1.82, 2.24) is 4.57 Å². The maximum Gasteiger partial charge on any atom is 0.341 e. The third kappa shape index (κ3) is 2.98. The Morgan fingerprint density at radius 2 is 2.14 bits per heavy atom. The van der Waals surface area contributed by atoms with E-state index in [1.807, 2.05) is 0 Å². The first kappa shape index (κ1) is 14.5. The lowest BCUT2D eigenvalue weighted by molar-refractivity contribution is 0.0694. The van der Waals surface area contributed by atoms with E-state index in [0.29, 0.717) is 11.3 Å². The largest absolute Gasteiger partial charge is 0.477 e. The summed E-state index contributed by atoms with van der Waals surface area (Å²) in [6.07, 6.45) is 1.25. The fourth-order valence-corrected chi connectivity index (χ4v) is 1.96. The lowest BCUT2D eigenvalue weighted by atomic mass is 10.1. The number of pyridine rings is 1. The van der Waals surface area contributed by atoms with Crippen LogP contribution in [-0.4, -0.2) is 15.6 Å². The average Bonchev–Trinajstić information content (AvgIpc) is 2.43. The number of aromatic nitrogens is 1. The lowest BCUT2D eigenvalue weighted by Gasteiger charge is -2.12. The number of halogens is 1. The average molecular weight is 286 g/mol. The molecule has 0 saturated carbocycles. The van der Waals surface area contributed by atoms with Crippen LogP contribution in [0, 0.1) is 24.1 Å². The van der Waals surface area contributed by atoms with Gasteiger partial charge in [0.1, 0.15) is 17.4 Å². The quantitative estimate of drug-likeness (QED) is 0.934. The molecule has 106 valence electrons. The first-order valence-corrected chi connectivity index (χ1v) is 6.05. The number of aromatic carboxylic acids is 1. The second-order valence-corrected chi connectivity index (χ2v) is 4.55. The van der Waals surface area contributed by atoms with E-state index in [0.717, 1.165) is 0 Å². The Morgan fingerprint density at radius 1 is 1.43 bits per heavy atom. The molecule has 0 unspecified atom stereocenters. The number of carboxylic acid groups (broad SMARTS) is 1. The maximum atomic E-state index is 13.3. The monoisotopic (exact) mass is 286 g/mol. The van der Waals surface area contributed by atoms with E-state index in [1.54, 1.807) is 17.6 Å². The summed E-state index contributed by atoms with van der Waals surface area (Å²) < 4.78 is 14.8. The Balaban J connectivity index is 2.45. The van der Waals surface area contributed by atoms with Crippen LogP contribution in [0.1, 0.15) is 27.2 Å². The molecule has 0 atom stereocenters. The van der Waals surface area contributed by atoms with E-state index in [1.165, 1.54) is 30.5 Å². The molecule has 21 heavy (non-hydrogen) atoms. The van der Waals surface area contributed by atoms with E-state index in [2.05, 4.69) is 0 Å². The summed E-state index contributed by atoms with van der Waals surface area (Å²) in [6, 6.07) is 7.07. The van der Waals surface area contributed by atoms with Crippen LogP contribution in [0.4, 0.5) is 4.39 Å². The lowest BCUT2D eigenvalue weighted by Crippen LogP contribution is -2.19. The number of nitriles is 1. The molecular formula is C15H11FN2O3. The summed E-state index contributed by atoms with van der Waals surface area (Å²) in [7, 11) is 0. The zero-order valence-electron chi connectivity index (χ0n) is 11.1. The Hall–Kier alpha value is -2.94. The van der Waals surface area contributed by atoms with Crippen LogP contribution in [0.25, 0.3) is 0 Å². The van der Waals surface area contributed by atoms with Gasteiger partial charge in [-0.25, -0.2) is 9.18 Å². The zero-order chi connectivity index (χ0) is 15.6. The van der Waals surface area contributed by atoms with E-state index < -0.39 is 17.2 Å². The van der Waals surface area contributed by atoms with Crippen LogP contribution >= 0.6 is 0 Å². The van der Waals surface area contributed by atoms with Crippen molar-refractivity contribution in [3.8, 4) is 6.07 Å². The van der Waals surface area contributed by atoms with Crippen molar-refractivity contribution in [3.05, 3.63) is 68.9 Å². The van der Waals surface area contributed by atoms with Crippen LogP contribution in [0.15, 0.2) is 35.3 Å². The third-order valence-electron chi connectivity index (χ3n) is 3.08. The third-order valence-corrected chi connectivity index (χ3v) is 3.08. The van der Waals surface area contributed by atoms with Crippen LogP contribution in [0.3, 0.4) is 0 Å². The number of carbonyl (C=O) groups is 1. The van der Waals surface area contributed by atoms with Crippen molar-refractivity contribution < 1.29 is 14.3 Å². The molecule has 0 aliphatic carbocycles. The highest BCUT2D eigenvalue weighted by atomic mass is 19.1. The van der Waals surface area contributed by atoms with Gasteiger partial charge in [0.2, 0.25) is 0 Å². The number of carboxylic acids is 1. The highest BCUT2D eigenvalue weighted by molar-refractivity contribution is 5.87. The maximum absolute atomic E-state index is 13.3. The fraction of sp³-hybridized carbons (Fsp3) is 0.133. The van der Waals surface area contributed by atoms with Gasteiger partial charge in [-0.2, -0.15) is 5.26 Å². The van der Waals surface area contributed by atoms with Crippen molar-refractivity contribution in [2.45, 2.75) is 13.5 Å². The Labute approximate surface area is 119 Å². The highest BCUT2D eigenvalue weighted by Gasteiger charge is 2.11. The number of aryl methyl sites for hydroxylation is 1. The molecule has 2 aromatic rings. The Kier molecular flexibility index (Phi) is 3.85. The predicted molar refractivity (Wildman–Crippen MR) is 72.6 cm³/mol. The number of nitrogens with zero attached hydrogens (tertiary/aromatic N) is 2. The summed E-state index contributed by atoms with van der Waals surface area (Å²) >= 11 is 0. The van der Waals surface area contributed by atoms with Gasteiger partial charge >= 0.3 is 5.97 Å². The van der Waals surface area contributed by atoms with E-state index >= 15 is 0 Å². The van der Waals surface area contributed by atoms with Crippen LogP contribution in [0.2, 0.25) is 0 Å². The first-order chi connectivity index (χ1) is 9.92. The smallest absolute Gasteiger partial charge is 0.341 e. The minimum Gasteiger partial charge on any atom is -0.477 e. The zero-order valence-corrected chi connectivity index (χ0v) is 11.1. The standard InChI is InChI=1S/C15H11FN2O3/c1-9-4-14(19)12(15(20)21)8-18(9)7-10-2-3-13(16)11(5-10)6-17/h2-5,8H,7H2,1H3,(H,20,21). The summed E-state index contributed by atoms with van der Waals surface area (Å²) in [4.78, 5) is 22.5. The first-order valence-electron chi connectivity index (χ1n) is 6.05. The van der Waals surface area contributed by atoms with Crippen molar-refractivity contribution in [2.24, 2.45) is 0 Å². The van der Waals surface area contributed by atoms with Gasteiger partial charge in [-0.15, -0.1) is 0 Å². The van der Waals surface area contributed by atoms with Crippen molar-refractivity contribution >= 4 is 5.97 Å². The molecule has 5 nitrogen and oxygen atoms in total. The predicted octanol–water partition coefficient (Wildman–Crippen LogP) is 1.91. The van der Waals surface area contributed by atoms with E-state index in [-0.39, 0.29) is 17.7 Å². The molecule has 0 aliphatic rings. The van der Waals surface area contributed by atoms with Gasteiger partial charge < -0.3 is 9.67 Å². The molecule has 0 saturated heterocycles. The molecule has 0 amide bonds. The molecule has 0 bridgehead atoms. The van der Waals surface area contributed by atoms with Gasteiger partial charge in [-0.3, -0.25) is 4.79 Å². The molecule has 1 N–H and O–H groups in total. The van der Waals surface area contributed by atoms with Gasteiger partial charge in [0.05, 0.1) is 5.56 Å². The molecule has 6 heteroatoms. The number of rotatable bonds is 3. The SMILES string of the molecule is Cc1cc(=O)c(C(=O)O)cn1Cc1ccc(F)c(C#N)c1. The minimum absolute atomic E-state index is 0.0790. The second kappa shape index (κ2) is 5.59. The van der Waals surface area contributed by atoms with Gasteiger partial charge in [0, 0.05) is 24.5 Å². The summed E-state index contributed by atoms with van der Waals surface area (Å²) in [6.45, 7) is 1.91. The Morgan fingerprint density at radius 3 is 2.76 bits per heavy atom. The number of benzene rings is 1. The van der Waals surface area contributed by atoms with Crippen molar-refractivity contribution in [2.75, 3.05) is 0 Å². The van der Waals surface area contributed by atoms with Crippen LogP contribution < -0.4 is 5.43 Å². The van der Waals surface area contributed by atoms with Crippen molar-refractivity contribution in [1.29, 1.82) is 5.26 Å². The summed E-state index contributed by atoms with van der Waals surface area (Å²) in [5.74, 6) is -1.91. The number of hydrogen-bond acceptors (Lipinski definition) is 3. The molecule has 0 fully saturated rings. The summed E-state index contributed by atoms with van der Waals surface area (Å²) in [5.41, 5.74) is 0.241. The molecule has 0 aliphatic heterocycles. The molecular weight excluding hydrogens is 275 g/mol. The highest BCUT2D eigenvalue weighted by Crippen LogP contribution is 2.12. The fourth-order valence-electron chi connectivity index (χ4n) is 1.96. The molecule has 0 radical (unpaired) electrons. The van der Waals surface area contributed by atoms with Gasteiger partial charge in [0.15, 0.2) is 5.43 Å². The second-order valence-electron chi connectivity index (χ2n) is 4.55. The molecule has 1 aromatic carbocycles. The Bertz CT molecular complexity index is 819. The van der Waals surface area contributed by atoms with Crippen LogP contribution in [-0.2, 0) is 6.54 Å². The molecule has 2 rings (SSSR count). The van der Waals surface area contributed by atoms with Gasteiger partial charge in [0.25, 0.3) is 0 Å². The van der Waals surface area contributed by atoms with Gasteiger partial charge in [-0.1, -0.05) is 6.07 Å². The summed E-state index contributed by atoms with van der Waals surface area (Å²) in [5, 5.41) is 17.8. The minimum atomic E-state index is -1.30. The van der Waals surface area contributed by atoms with E-state index in [4.69, 9.17) is 10.4 Å². The van der Waals surface area contributed by atoms with E-state index in [9.17, 15) is 14.0 Å². The molecule has 0 spiro atoms. The van der Waals surface area contributed by atoms with Crippen LogP contribution in [0.5, 0.6) is 0 Å². The normalized spacial score (nSPS) is 10.1. The molecule has 1 heterocycles. The van der Waals surface area contributed by atoms with Gasteiger partial charge in [-0.05, 0) is 24.6 Å².